The van der Waals surface area contributed by atoms with Crippen LogP contribution >= 0.6 is 0 Å². The van der Waals surface area contributed by atoms with Crippen molar-refractivity contribution < 1.29 is 23.8 Å². The van der Waals surface area contributed by atoms with Crippen LogP contribution < -0.4 is 0 Å². The molecular formula is C14H24O5. The first-order valence-electron chi connectivity index (χ1n) is 6.69. The molecule has 0 aromatic carbocycles. The van der Waals surface area contributed by atoms with Crippen LogP contribution in [0.1, 0.15) is 48.0 Å². The quantitative estimate of drug-likeness (QED) is 0.717. The van der Waals surface area contributed by atoms with E-state index in [0.717, 1.165) is 0 Å². The standard InChI is InChI=1S/C14H24O5/c1-8(2)17-12(15)9(3)18-11-7-10(11)13(16)19-14(4,5)6/h8-11H,7H2,1-6H3/t9-,10-,11+/m1/s1. The number of carbonyl (C=O) groups excluding carboxylic acids is 2. The minimum atomic E-state index is -0.653. The molecule has 110 valence electrons. The van der Waals surface area contributed by atoms with E-state index in [2.05, 4.69) is 0 Å². The zero-order valence-corrected chi connectivity index (χ0v) is 12.6. The van der Waals surface area contributed by atoms with Gasteiger partial charge in [0.15, 0.2) is 6.10 Å². The van der Waals surface area contributed by atoms with Crippen molar-refractivity contribution in [3.8, 4) is 0 Å². The van der Waals surface area contributed by atoms with Gasteiger partial charge in [0, 0.05) is 0 Å². The molecule has 1 aliphatic rings. The van der Waals surface area contributed by atoms with Crippen LogP contribution in [0.4, 0.5) is 0 Å². The molecule has 0 unspecified atom stereocenters. The zero-order chi connectivity index (χ0) is 14.8. The lowest BCUT2D eigenvalue weighted by molar-refractivity contribution is -0.164. The molecule has 0 N–H and O–H groups in total. The van der Waals surface area contributed by atoms with Gasteiger partial charge in [0.25, 0.3) is 0 Å². The lowest BCUT2D eigenvalue weighted by Gasteiger charge is -2.19. The zero-order valence-electron chi connectivity index (χ0n) is 12.6. The first-order chi connectivity index (χ1) is 8.60. The molecular weight excluding hydrogens is 248 g/mol. The summed E-state index contributed by atoms with van der Waals surface area (Å²) in [7, 11) is 0. The van der Waals surface area contributed by atoms with Crippen LogP contribution in [0.15, 0.2) is 0 Å². The van der Waals surface area contributed by atoms with Gasteiger partial charge in [-0.05, 0) is 48.0 Å². The molecule has 0 aromatic heterocycles. The Kier molecular flexibility index (Phi) is 4.96. The van der Waals surface area contributed by atoms with Crippen molar-refractivity contribution in [1.82, 2.24) is 0 Å². The van der Waals surface area contributed by atoms with Crippen molar-refractivity contribution in [3.63, 3.8) is 0 Å². The molecule has 3 atom stereocenters. The second kappa shape index (κ2) is 5.90. The Hall–Kier alpha value is -1.10. The van der Waals surface area contributed by atoms with Gasteiger partial charge in [-0.3, -0.25) is 4.79 Å². The fraction of sp³-hybridized carbons (Fsp3) is 0.857. The predicted octanol–water partition coefficient (Wildman–Crippen LogP) is 2.07. The molecule has 0 heterocycles. The molecule has 5 nitrogen and oxygen atoms in total. The van der Waals surface area contributed by atoms with Crippen molar-refractivity contribution in [3.05, 3.63) is 0 Å². The molecule has 1 rings (SSSR count). The van der Waals surface area contributed by atoms with Gasteiger partial charge in [-0.2, -0.15) is 0 Å². The molecule has 0 amide bonds. The Morgan fingerprint density at radius 3 is 2.21 bits per heavy atom. The van der Waals surface area contributed by atoms with Crippen molar-refractivity contribution in [1.29, 1.82) is 0 Å². The molecule has 1 saturated carbocycles. The fourth-order valence-electron chi connectivity index (χ4n) is 1.59. The number of carbonyl (C=O) groups is 2. The van der Waals surface area contributed by atoms with Crippen molar-refractivity contribution in [2.75, 3.05) is 0 Å². The molecule has 0 spiro atoms. The van der Waals surface area contributed by atoms with Crippen LogP contribution in [-0.2, 0) is 23.8 Å². The van der Waals surface area contributed by atoms with Crippen LogP contribution in [0.2, 0.25) is 0 Å². The Bertz CT molecular complexity index is 342. The highest BCUT2D eigenvalue weighted by molar-refractivity contribution is 5.77. The highest BCUT2D eigenvalue weighted by Gasteiger charge is 2.48. The lowest BCUT2D eigenvalue weighted by Crippen LogP contribution is -2.29. The SMILES string of the molecule is CC(C)OC(=O)[C@@H](C)O[C@H]1C[C@H]1C(=O)OC(C)(C)C. The summed E-state index contributed by atoms with van der Waals surface area (Å²) in [5.41, 5.74) is -0.494. The number of rotatable bonds is 5. The number of hydrogen-bond acceptors (Lipinski definition) is 5. The highest BCUT2D eigenvalue weighted by Crippen LogP contribution is 2.36. The molecule has 0 saturated heterocycles. The predicted molar refractivity (Wildman–Crippen MR) is 69.5 cm³/mol. The van der Waals surface area contributed by atoms with Gasteiger partial charge in [-0.1, -0.05) is 0 Å². The van der Waals surface area contributed by atoms with Gasteiger partial charge < -0.3 is 14.2 Å². The van der Waals surface area contributed by atoms with Crippen LogP contribution in [0.3, 0.4) is 0 Å². The third-order valence-electron chi connectivity index (χ3n) is 2.50. The summed E-state index contributed by atoms with van der Waals surface area (Å²) in [5, 5.41) is 0. The first-order valence-corrected chi connectivity index (χ1v) is 6.69. The van der Waals surface area contributed by atoms with E-state index in [9.17, 15) is 9.59 Å². The second-order valence-electron chi connectivity index (χ2n) is 6.18. The number of hydrogen-bond donors (Lipinski definition) is 0. The summed E-state index contributed by atoms with van der Waals surface area (Å²) in [6, 6.07) is 0. The Labute approximate surface area is 114 Å². The van der Waals surface area contributed by atoms with Gasteiger partial charge in [-0.15, -0.1) is 0 Å². The third kappa shape index (κ3) is 5.59. The van der Waals surface area contributed by atoms with Crippen LogP contribution in [0, 0.1) is 5.92 Å². The number of ether oxygens (including phenoxy) is 3. The maximum atomic E-state index is 11.7. The highest BCUT2D eigenvalue weighted by atomic mass is 16.6. The molecule has 0 aromatic rings. The summed E-state index contributed by atoms with van der Waals surface area (Å²) >= 11 is 0. The minimum absolute atomic E-state index is 0.167. The number of esters is 2. The van der Waals surface area contributed by atoms with Gasteiger partial charge in [0.05, 0.1) is 18.1 Å². The van der Waals surface area contributed by atoms with Crippen LogP contribution in [-0.4, -0.2) is 35.9 Å². The molecule has 5 heteroatoms. The summed E-state index contributed by atoms with van der Waals surface area (Å²) in [5.74, 6) is -0.916. The smallest absolute Gasteiger partial charge is 0.335 e. The average Bonchev–Trinajstić information content (AvgIpc) is 2.93. The van der Waals surface area contributed by atoms with Crippen molar-refractivity contribution >= 4 is 11.9 Å². The van der Waals surface area contributed by atoms with E-state index >= 15 is 0 Å². The topological polar surface area (TPSA) is 61.8 Å². The monoisotopic (exact) mass is 272 g/mol. The normalized spacial score (nSPS) is 23.9. The van der Waals surface area contributed by atoms with E-state index in [1.165, 1.54) is 0 Å². The Balaban J connectivity index is 2.34. The van der Waals surface area contributed by atoms with Crippen LogP contribution in [0.5, 0.6) is 0 Å². The van der Waals surface area contributed by atoms with E-state index in [4.69, 9.17) is 14.2 Å². The molecule has 0 bridgehead atoms. The van der Waals surface area contributed by atoms with E-state index in [0.29, 0.717) is 6.42 Å². The average molecular weight is 272 g/mol. The van der Waals surface area contributed by atoms with Crippen molar-refractivity contribution in [2.24, 2.45) is 5.92 Å². The first kappa shape index (κ1) is 16.0. The van der Waals surface area contributed by atoms with E-state index < -0.39 is 17.7 Å². The van der Waals surface area contributed by atoms with Gasteiger partial charge >= 0.3 is 11.9 Å². The molecule has 0 radical (unpaired) electrons. The van der Waals surface area contributed by atoms with Crippen LogP contribution in [0.25, 0.3) is 0 Å². The molecule has 1 aliphatic carbocycles. The van der Waals surface area contributed by atoms with E-state index in [1.807, 2.05) is 20.8 Å². The van der Waals surface area contributed by atoms with E-state index in [1.54, 1.807) is 20.8 Å². The molecule has 0 aliphatic heterocycles. The maximum absolute atomic E-state index is 11.7. The summed E-state index contributed by atoms with van der Waals surface area (Å²) in [6.45, 7) is 10.7. The van der Waals surface area contributed by atoms with Gasteiger partial charge in [-0.25, -0.2) is 4.79 Å². The van der Waals surface area contributed by atoms with Gasteiger partial charge in [0.1, 0.15) is 5.60 Å². The summed E-state index contributed by atoms with van der Waals surface area (Å²) in [4.78, 5) is 23.3. The lowest BCUT2D eigenvalue weighted by atomic mass is 10.2. The second-order valence-corrected chi connectivity index (χ2v) is 6.18. The summed E-state index contributed by atoms with van der Waals surface area (Å²) < 4.78 is 15.8. The van der Waals surface area contributed by atoms with E-state index in [-0.39, 0.29) is 24.1 Å². The third-order valence-corrected chi connectivity index (χ3v) is 2.50. The fourth-order valence-corrected chi connectivity index (χ4v) is 1.59. The Morgan fingerprint density at radius 1 is 1.16 bits per heavy atom. The Morgan fingerprint density at radius 2 is 1.74 bits per heavy atom. The largest absolute Gasteiger partial charge is 0.461 e. The van der Waals surface area contributed by atoms with Crippen molar-refractivity contribution in [2.45, 2.75) is 71.9 Å². The molecule has 19 heavy (non-hydrogen) atoms. The molecule has 1 fully saturated rings. The summed E-state index contributed by atoms with van der Waals surface area (Å²) in [6.07, 6.45) is -0.447. The minimum Gasteiger partial charge on any atom is -0.461 e. The van der Waals surface area contributed by atoms with Gasteiger partial charge in [0.2, 0.25) is 0 Å². The maximum Gasteiger partial charge on any atom is 0.335 e.